The van der Waals surface area contributed by atoms with Crippen molar-refractivity contribution in [1.82, 2.24) is 4.98 Å². The molecule has 0 aliphatic heterocycles. The fraction of sp³-hybridized carbons (Fsp3) is 0.278. The molecule has 0 unspecified atom stereocenters. The van der Waals surface area contributed by atoms with Gasteiger partial charge in [0.2, 0.25) is 0 Å². The van der Waals surface area contributed by atoms with Gasteiger partial charge in [-0.05, 0) is 60.9 Å². The van der Waals surface area contributed by atoms with Crippen molar-refractivity contribution in [2.24, 2.45) is 0 Å². The van der Waals surface area contributed by atoms with Crippen molar-refractivity contribution < 1.29 is 0 Å². The predicted molar refractivity (Wildman–Crippen MR) is 81.7 cm³/mol. The third-order valence-corrected chi connectivity index (χ3v) is 3.75. The van der Waals surface area contributed by atoms with Crippen LogP contribution in [0.3, 0.4) is 0 Å². The van der Waals surface area contributed by atoms with Crippen molar-refractivity contribution in [3.05, 3.63) is 65.5 Å². The highest BCUT2D eigenvalue weighted by Gasteiger charge is 2.10. The van der Waals surface area contributed by atoms with Crippen LogP contribution >= 0.6 is 0 Å². The lowest BCUT2D eigenvalue weighted by molar-refractivity contribution is 1.03. The molecular formula is C18H19N. The van der Waals surface area contributed by atoms with Crippen LogP contribution in [0.4, 0.5) is 0 Å². The lowest BCUT2D eigenvalue weighted by Gasteiger charge is -2.14. The van der Waals surface area contributed by atoms with Crippen LogP contribution in [0.5, 0.6) is 0 Å². The Morgan fingerprint density at radius 3 is 2.79 bits per heavy atom. The highest BCUT2D eigenvalue weighted by atomic mass is 14.7. The highest BCUT2D eigenvalue weighted by molar-refractivity contribution is 5.79. The molecule has 0 atom stereocenters. The van der Waals surface area contributed by atoms with Crippen LogP contribution in [0.1, 0.15) is 42.5 Å². The lowest BCUT2D eigenvalue weighted by Crippen LogP contribution is -1.97. The highest BCUT2D eigenvalue weighted by Crippen LogP contribution is 2.28. The molecule has 1 aromatic rings. The minimum Gasteiger partial charge on any atom is -0.256 e. The van der Waals surface area contributed by atoms with E-state index in [0.717, 1.165) is 31.4 Å². The van der Waals surface area contributed by atoms with E-state index < -0.39 is 0 Å². The lowest BCUT2D eigenvalue weighted by atomic mass is 9.94. The molecule has 19 heavy (non-hydrogen) atoms. The van der Waals surface area contributed by atoms with E-state index in [4.69, 9.17) is 0 Å². The first-order chi connectivity index (χ1) is 9.34. The minimum atomic E-state index is 1.10. The Labute approximate surface area is 115 Å². The topological polar surface area (TPSA) is 12.9 Å². The molecule has 0 amide bonds. The molecule has 0 spiro atoms. The molecule has 1 heteroatoms. The summed E-state index contributed by atoms with van der Waals surface area (Å²) in [6, 6.07) is 2.25. The summed E-state index contributed by atoms with van der Waals surface area (Å²) in [5.74, 6) is 0. The van der Waals surface area contributed by atoms with Crippen LogP contribution in [0.15, 0.2) is 48.7 Å². The first-order valence-corrected chi connectivity index (χ1v) is 7.04. The summed E-state index contributed by atoms with van der Waals surface area (Å²) in [7, 11) is 0. The van der Waals surface area contributed by atoms with Gasteiger partial charge in [0, 0.05) is 6.20 Å². The molecule has 1 aromatic heterocycles. The summed E-state index contributed by atoms with van der Waals surface area (Å²) >= 11 is 0. The molecule has 0 aromatic carbocycles. The third kappa shape index (κ3) is 2.60. The Hall–Kier alpha value is -1.89. The van der Waals surface area contributed by atoms with E-state index >= 15 is 0 Å². The summed E-state index contributed by atoms with van der Waals surface area (Å²) in [6.07, 6.45) is 19.9. The number of aromatic nitrogens is 1. The van der Waals surface area contributed by atoms with Crippen molar-refractivity contribution in [2.45, 2.75) is 32.6 Å². The average molecular weight is 249 g/mol. The Morgan fingerprint density at radius 1 is 1.11 bits per heavy atom. The maximum absolute atomic E-state index is 4.60. The van der Waals surface area contributed by atoms with Crippen LogP contribution < -0.4 is 0 Å². The van der Waals surface area contributed by atoms with Crippen molar-refractivity contribution in [3.63, 3.8) is 0 Å². The number of pyridine rings is 1. The smallest absolute Gasteiger partial charge is 0.0668 e. The summed E-state index contributed by atoms with van der Waals surface area (Å²) < 4.78 is 0. The minimum absolute atomic E-state index is 1.10. The van der Waals surface area contributed by atoms with Gasteiger partial charge in [0.05, 0.1) is 5.69 Å². The van der Waals surface area contributed by atoms with Gasteiger partial charge < -0.3 is 0 Å². The molecule has 2 aliphatic rings. The Kier molecular flexibility index (Phi) is 3.45. The molecule has 3 rings (SSSR count). The zero-order valence-corrected chi connectivity index (χ0v) is 11.4. The van der Waals surface area contributed by atoms with E-state index in [2.05, 4.69) is 54.4 Å². The monoisotopic (exact) mass is 249 g/mol. The summed E-state index contributed by atoms with van der Waals surface area (Å²) in [6.45, 7) is 2.14. The van der Waals surface area contributed by atoms with Gasteiger partial charge in [0.1, 0.15) is 0 Å². The van der Waals surface area contributed by atoms with E-state index in [0.29, 0.717) is 0 Å². The Morgan fingerprint density at radius 2 is 2.05 bits per heavy atom. The maximum atomic E-state index is 4.60. The fourth-order valence-corrected chi connectivity index (χ4v) is 2.64. The summed E-state index contributed by atoms with van der Waals surface area (Å²) in [4.78, 5) is 4.60. The van der Waals surface area contributed by atoms with Gasteiger partial charge in [-0.15, -0.1) is 0 Å². The number of aryl methyl sites for hydroxylation is 1. The van der Waals surface area contributed by atoms with Gasteiger partial charge in [0.25, 0.3) is 0 Å². The van der Waals surface area contributed by atoms with E-state index in [1.807, 2.05) is 6.20 Å². The molecule has 0 saturated carbocycles. The second-order valence-corrected chi connectivity index (χ2v) is 5.18. The Balaban J connectivity index is 2.00. The van der Waals surface area contributed by atoms with Crippen molar-refractivity contribution in [3.8, 4) is 0 Å². The fourth-order valence-electron chi connectivity index (χ4n) is 2.64. The van der Waals surface area contributed by atoms with E-state index in [1.165, 1.54) is 22.3 Å². The van der Waals surface area contributed by atoms with Gasteiger partial charge in [-0.2, -0.15) is 0 Å². The zero-order valence-electron chi connectivity index (χ0n) is 11.4. The average Bonchev–Trinajstić information content (AvgIpc) is 2.49. The molecule has 1 heterocycles. The second-order valence-electron chi connectivity index (χ2n) is 5.18. The van der Waals surface area contributed by atoms with Gasteiger partial charge in [-0.3, -0.25) is 4.98 Å². The molecule has 0 bridgehead atoms. The number of nitrogens with zero attached hydrogens (tertiary/aromatic N) is 1. The third-order valence-electron chi connectivity index (χ3n) is 3.75. The van der Waals surface area contributed by atoms with E-state index in [9.17, 15) is 0 Å². The van der Waals surface area contributed by atoms with Crippen molar-refractivity contribution in [2.75, 3.05) is 0 Å². The molecule has 0 fully saturated rings. The first-order valence-electron chi connectivity index (χ1n) is 7.04. The molecule has 0 saturated heterocycles. The van der Waals surface area contributed by atoms with E-state index in [1.54, 1.807) is 0 Å². The first kappa shape index (κ1) is 12.2. The second kappa shape index (κ2) is 5.40. The molecule has 2 aliphatic carbocycles. The van der Waals surface area contributed by atoms with Gasteiger partial charge in [0.15, 0.2) is 0 Å². The largest absolute Gasteiger partial charge is 0.256 e. The number of hydrogen-bond acceptors (Lipinski definition) is 1. The van der Waals surface area contributed by atoms with E-state index in [-0.39, 0.29) is 0 Å². The normalized spacial score (nSPS) is 18.2. The molecular weight excluding hydrogens is 230 g/mol. The van der Waals surface area contributed by atoms with Crippen molar-refractivity contribution in [1.29, 1.82) is 0 Å². The Bertz CT molecular complexity index is 600. The van der Waals surface area contributed by atoms with Crippen LogP contribution in [0.25, 0.3) is 11.1 Å². The van der Waals surface area contributed by atoms with Crippen molar-refractivity contribution >= 4 is 11.1 Å². The van der Waals surface area contributed by atoms with Gasteiger partial charge in [-0.25, -0.2) is 0 Å². The number of hydrogen-bond donors (Lipinski definition) is 0. The predicted octanol–water partition coefficient (Wildman–Crippen LogP) is 4.86. The quantitative estimate of drug-likeness (QED) is 0.729. The zero-order chi connectivity index (χ0) is 13.1. The van der Waals surface area contributed by atoms with Crippen LogP contribution in [0.2, 0.25) is 0 Å². The maximum Gasteiger partial charge on any atom is 0.0668 e. The number of rotatable bonds is 2. The molecule has 0 N–H and O–H groups in total. The molecule has 1 nitrogen and oxygen atoms in total. The SMILES string of the molecule is Cc1cnc(C2=CC=CCC2)cc1C1=CCCC=C1. The molecule has 0 radical (unpaired) electrons. The van der Waals surface area contributed by atoms with Crippen LogP contribution in [-0.2, 0) is 0 Å². The number of allylic oxidation sites excluding steroid dienone is 8. The van der Waals surface area contributed by atoms with Gasteiger partial charge in [-0.1, -0.05) is 36.5 Å². The van der Waals surface area contributed by atoms with Gasteiger partial charge >= 0.3 is 0 Å². The van der Waals surface area contributed by atoms with Crippen LogP contribution in [0, 0.1) is 6.92 Å². The summed E-state index contributed by atoms with van der Waals surface area (Å²) in [5, 5.41) is 0. The van der Waals surface area contributed by atoms with Crippen LogP contribution in [-0.4, -0.2) is 4.98 Å². The standard InChI is InChI=1S/C18H19N/c1-14-13-19-18(16-10-6-3-7-11-16)12-17(14)15-8-4-2-5-9-15/h3-4,6,8-10,12-13H,2,5,7,11H2,1H3. The summed E-state index contributed by atoms with van der Waals surface area (Å²) in [5.41, 5.74) is 6.42. The molecule has 96 valence electrons.